The van der Waals surface area contributed by atoms with Crippen LogP contribution in [0.15, 0.2) is 65.6 Å². The van der Waals surface area contributed by atoms with E-state index >= 15 is 0 Å². The predicted octanol–water partition coefficient (Wildman–Crippen LogP) is 3.80. The fourth-order valence-corrected chi connectivity index (χ4v) is 3.59. The Balaban J connectivity index is 1.99. The molecule has 2 aromatic heterocycles. The molecule has 0 aliphatic rings. The van der Waals surface area contributed by atoms with E-state index in [4.69, 9.17) is 0 Å². The molecule has 0 saturated carbocycles. The number of ketones is 1. The molecule has 0 aliphatic heterocycles. The van der Waals surface area contributed by atoms with E-state index in [-0.39, 0.29) is 22.6 Å². The molecular formula is C24H20N4O4. The maximum atomic E-state index is 13.2. The van der Waals surface area contributed by atoms with Crippen LogP contribution in [0, 0.1) is 0 Å². The zero-order valence-electron chi connectivity index (χ0n) is 17.5. The van der Waals surface area contributed by atoms with E-state index in [1.807, 2.05) is 37.3 Å². The number of hydrogen-bond acceptors (Lipinski definition) is 6. The summed E-state index contributed by atoms with van der Waals surface area (Å²) in [4.78, 5) is 46.2. The van der Waals surface area contributed by atoms with Crippen LogP contribution in [0.5, 0.6) is 0 Å². The summed E-state index contributed by atoms with van der Waals surface area (Å²) >= 11 is 0. The maximum absolute atomic E-state index is 13.2. The van der Waals surface area contributed by atoms with Gasteiger partial charge < -0.3 is 5.11 Å². The van der Waals surface area contributed by atoms with Crippen LogP contribution in [0.2, 0.25) is 0 Å². The molecule has 0 atom stereocenters. The number of carbonyl (C=O) groups excluding carboxylic acids is 1. The van der Waals surface area contributed by atoms with Crippen molar-refractivity contribution in [2.75, 3.05) is 5.43 Å². The average Bonchev–Trinajstić information content (AvgIpc) is 2.80. The third-order valence-electron chi connectivity index (χ3n) is 5.09. The Morgan fingerprint density at radius 2 is 1.81 bits per heavy atom. The van der Waals surface area contributed by atoms with Crippen molar-refractivity contribution in [1.29, 1.82) is 0 Å². The van der Waals surface area contributed by atoms with Gasteiger partial charge in [0, 0.05) is 24.1 Å². The molecule has 8 nitrogen and oxygen atoms in total. The first kappa shape index (κ1) is 20.9. The van der Waals surface area contributed by atoms with Crippen LogP contribution in [0.3, 0.4) is 0 Å². The number of carboxylic acid groups (broad SMARTS) is 1. The van der Waals surface area contributed by atoms with Gasteiger partial charge in [-0.3, -0.25) is 20.0 Å². The minimum absolute atomic E-state index is 0.0410. The first-order valence-electron chi connectivity index (χ1n) is 10.0. The van der Waals surface area contributed by atoms with Crippen molar-refractivity contribution in [3.05, 3.63) is 88.1 Å². The van der Waals surface area contributed by atoms with Crippen LogP contribution in [-0.2, 0) is 6.42 Å². The lowest BCUT2D eigenvalue weighted by atomic mass is 10.1. The van der Waals surface area contributed by atoms with Crippen molar-refractivity contribution in [2.45, 2.75) is 20.3 Å². The van der Waals surface area contributed by atoms with Crippen LogP contribution < -0.4 is 11.0 Å². The van der Waals surface area contributed by atoms with E-state index in [1.54, 1.807) is 18.2 Å². The summed E-state index contributed by atoms with van der Waals surface area (Å²) in [5.41, 5.74) is 4.84. The highest BCUT2D eigenvalue weighted by Gasteiger charge is 2.22. The van der Waals surface area contributed by atoms with Crippen molar-refractivity contribution in [1.82, 2.24) is 14.6 Å². The average molecular weight is 428 g/mol. The predicted molar refractivity (Wildman–Crippen MR) is 121 cm³/mol. The molecule has 160 valence electrons. The van der Waals surface area contributed by atoms with E-state index in [2.05, 4.69) is 15.4 Å². The van der Waals surface area contributed by atoms with Gasteiger partial charge in [0.1, 0.15) is 17.1 Å². The lowest BCUT2D eigenvalue weighted by molar-refractivity contribution is 0.0698. The van der Waals surface area contributed by atoms with Crippen molar-refractivity contribution < 1.29 is 14.7 Å². The number of anilines is 1. The van der Waals surface area contributed by atoms with Crippen molar-refractivity contribution in [3.63, 3.8) is 0 Å². The van der Waals surface area contributed by atoms with E-state index in [0.29, 0.717) is 34.4 Å². The number of aryl methyl sites for hydroxylation is 1. The summed E-state index contributed by atoms with van der Waals surface area (Å²) in [5.74, 6) is -1.45. The van der Waals surface area contributed by atoms with E-state index in [9.17, 15) is 19.5 Å². The summed E-state index contributed by atoms with van der Waals surface area (Å²) in [6, 6.07) is 15.5. The Morgan fingerprint density at radius 1 is 1.06 bits per heavy atom. The number of rotatable bonds is 6. The topological polar surface area (TPSA) is 114 Å². The van der Waals surface area contributed by atoms with Gasteiger partial charge in [-0.05, 0) is 30.7 Å². The molecule has 0 amide bonds. The number of hydrogen-bond donors (Lipinski definition) is 2. The van der Waals surface area contributed by atoms with Gasteiger partial charge >= 0.3 is 5.97 Å². The molecule has 2 N–H and O–H groups in total. The number of carboxylic acids is 1. The number of carbonyl (C=O) groups is 2. The number of aromatic carboxylic acids is 1. The van der Waals surface area contributed by atoms with Crippen LogP contribution in [-0.4, -0.2) is 31.5 Å². The van der Waals surface area contributed by atoms with Gasteiger partial charge in [-0.25, -0.2) is 14.5 Å². The summed E-state index contributed by atoms with van der Waals surface area (Å²) < 4.78 is 1.19. The number of benzene rings is 2. The molecule has 0 fully saturated rings. The second-order valence-electron chi connectivity index (χ2n) is 7.15. The highest BCUT2D eigenvalue weighted by molar-refractivity contribution is 6.06. The molecule has 2 heterocycles. The normalized spacial score (nSPS) is 10.8. The minimum Gasteiger partial charge on any atom is -0.478 e. The van der Waals surface area contributed by atoms with Crippen LogP contribution in [0.25, 0.3) is 22.2 Å². The van der Waals surface area contributed by atoms with Gasteiger partial charge in [-0.15, -0.1) is 0 Å². The number of nitrogens with zero attached hydrogens (tertiary/aromatic N) is 3. The van der Waals surface area contributed by atoms with E-state index in [0.717, 1.165) is 0 Å². The fraction of sp³-hybridized carbons (Fsp3) is 0.125. The SMILES string of the molecule is CCc1nc(-c2ccccc2)c(C(C)=O)n(Nc2ccc(C(=O)O)c3ncccc23)c1=O. The number of fused-ring (bicyclic) bond motifs is 1. The molecule has 0 radical (unpaired) electrons. The second kappa shape index (κ2) is 8.43. The van der Waals surface area contributed by atoms with Crippen molar-refractivity contribution in [3.8, 4) is 11.3 Å². The van der Waals surface area contributed by atoms with E-state index < -0.39 is 11.5 Å². The van der Waals surface area contributed by atoms with Gasteiger partial charge in [0.2, 0.25) is 0 Å². The lowest BCUT2D eigenvalue weighted by Gasteiger charge is -2.19. The fourth-order valence-electron chi connectivity index (χ4n) is 3.59. The Bertz CT molecular complexity index is 1410. The molecule has 4 rings (SSSR count). The minimum atomic E-state index is -1.11. The van der Waals surface area contributed by atoms with Gasteiger partial charge in [0.25, 0.3) is 5.56 Å². The first-order valence-corrected chi connectivity index (χ1v) is 10.0. The molecule has 0 bridgehead atoms. The number of pyridine rings is 1. The molecule has 0 saturated heterocycles. The standard InChI is InChI=1S/C24H20N4O4/c1-3-18-23(30)28(22(14(2)29)20(26-18)15-8-5-4-6-9-15)27-19-12-11-17(24(31)32)21-16(19)10-7-13-25-21/h4-13,27H,3H2,1-2H3,(H,31,32). The van der Waals surface area contributed by atoms with Gasteiger partial charge in [0.15, 0.2) is 5.78 Å². The summed E-state index contributed by atoms with van der Waals surface area (Å²) in [7, 11) is 0. The molecule has 0 spiro atoms. The first-order chi connectivity index (χ1) is 15.4. The largest absolute Gasteiger partial charge is 0.478 e. The third-order valence-corrected chi connectivity index (χ3v) is 5.09. The smallest absolute Gasteiger partial charge is 0.337 e. The molecule has 32 heavy (non-hydrogen) atoms. The highest BCUT2D eigenvalue weighted by atomic mass is 16.4. The second-order valence-corrected chi connectivity index (χ2v) is 7.15. The monoisotopic (exact) mass is 428 g/mol. The van der Waals surface area contributed by atoms with Crippen LogP contribution in [0.4, 0.5) is 5.69 Å². The molecule has 8 heteroatoms. The van der Waals surface area contributed by atoms with Crippen molar-refractivity contribution >= 4 is 28.3 Å². The lowest BCUT2D eigenvalue weighted by Crippen LogP contribution is -2.35. The molecule has 4 aromatic rings. The van der Waals surface area contributed by atoms with Crippen molar-refractivity contribution in [2.24, 2.45) is 0 Å². The Morgan fingerprint density at radius 3 is 2.47 bits per heavy atom. The highest BCUT2D eigenvalue weighted by Crippen LogP contribution is 2.27. The zero-order valence-corrected chi connectivity index (χ0v) is 17.5. The number of Topliss-reactive ketones (excluding diaryl/α,β-unsaturated/α-hetero) is 1. The Hall–Kier alpha value is -4.33. The molecule has 2 aromatic carbocycles. The molecular weight excluding hydrogens is 408 g/mol. The van der Waals surface area contributed by atoms with Gasteiger partial charge in [-0.2, -0.15) is 0 Å². The summed E-state index contributed by atoms with van der Waals surface area (Å²) in [5, 5.41) is 9.99. The van der Waals surface area contributed by atoms with Crippen LogP contribution >= 0.6 is 0 Å². The molecule has 0 unspecified atom stereocenters. The third kappa shape index (κ3) is 3.62. The summed E-state index contributed by atoms with van der Waals surface area (Å²) in [6.45, 7) is 3.19. The van der Waals surface area contributed by atoms with Gasteiger partial charge in [0.05, 0.1) is 16.8 Å². The zero-order chi connectivity index (χ0) is 22.8. The molecule has 0 aliphatic carbocycles. The number of nitrogens with one attached hydrogen (secondary N) is 1. The summed E-state index contributed by atoms with van der Waals surface area (Å²) in [6.07, 6.45) is 1.87. The van der Waals surface area contributed by atoms with E-state index in [1.165, 1.54) is 23.9 Å². The maximum Gasteiger partial charge on any atom is 0.337 e. The quantitative estimate of drug-likeness (QED) is 0.449. The Labute approximate surface area is 183 Å². The van der Waals surface area contributed by atoms with Crippen LogP contribution in [0.1, 0.15) is 40.4 Å². The number of aromatic nitrogens is 3. The van der Waals surface area contributed by atoms with Gasteiger partial charge in [-0.1, -0.05) is 37.3 Å². The Kier molecular flexibility index (Phi) is 5.51.